The zero-order chi connectivity index (χ0) is 13.0. The second-order valence-corrected chi connectivity index (χ2v) is 5.43. The molecule has 0 spiro atoms. The Balaban J connectivity index is 2.09. The van der Waals surface area contributed by atoms with E-state index in [9.17, 15) is 9.59 Å². The van der Waals surface area contributed by atoms with Crippen molar-refractivity contribution in [1.82, 2.24) is 10.3 Å². The Morgan fingerprint density at radius 2 is 2.06 bits per heavy atom. The third kappa shape index (κ3) is 3.02. The van der Waals surface area contributed by atoms with Gasteiger partial charge in [0.15, 0.2) is 0 Å². The highest BCUT2D eigenvalue weighted by Gasteiger charge is 2.32. The summed E-state index contributed by atoms with van der Waals surface area (Å²) in [5.41, 5.74) is 0.172. The molecule has 2 N–H and O–H groups in total. The molecule has 0 atom stereocenters. The maximum Gasteiger partial charge on any atom is 0.253 e. The minimum Gasteiger partial charge on any atom is -0.346 e. The maximum atomic E-state index is 12.1. The second kappa shape index (κ2) is 5.69. The molecule has 5 heteroatoms. The number of halogens is 1. The predicted octanol–water partition coefficient (Wildman–Crippen LogP) is 2.20. The molecular weight excluding hydrogens is 296 g/mol. The number of pyridine rings is 1. The number of rotatable bonds is 3. The van der Waals surface area contributed by atoms with Crippen molar-refractivity contribution in [3.63, 3.8) is 0 Å². The third-order valence-corrected chi connectivity index (χ3v) is 4.56. The molecule has 0 bridgehead atoms. The zero-order valence-corrected chi connectivity index (χ0v) is 11.8. The molecule has 1 aliphatic carbocycles. The van der Waals surface area contributed by atoms with Crippen LogP contribution in [0.3, 0.4) is 0 Å². The number of nitrogens with one attached hydrogen (secondary N) is 2. The number of hydrogen-bond acceptors (Lipinski definition) is 2. The predicted molar refractivity (Wildman–Crippen MR) is 74.1 cm³/mol. The van der Waals surface area contributed by atoms with E-state index in [1.807, 2.05) is 0 Å². The number of amides is 1. The Morgan fingerprint density at radius 3 is 2.61 bits per heavy atom. The standard InChI is InChI=1S/C13H17BrN2O2/c14-9-13(6-2-1-3-7-13)16-12(18)10-4-5-11(17)15-8-10/h4-5,8H,1-3,6-7,9H2,(H,15,17)(H,16,18). The van der Waals surface area contributed by atoms with Crippen LogP contribution in [0, 0.1) is 0 Å². The molecule has 2 rings (SSSR count). The van der Waals surface area contributed by atoms with Crippen LogP contribution in [0.1, 0.15) is 42.5 Å². The molecule has 98 valence electrons. The van der Waals surface area contributed by atoms with Gasteiger partial charge in [-0.2, -0.15) is 0 Å². The molecule has 1 heterocycles. The molecule has 1 amide bonds. The largest absolute Gasteiger partial charge is 0.346 e. The van der Waals surface area contributed by atoms with Gasteiger partial charge in [0.2, 0.25) is 5.56 Å². The van der Waals surface area contributed by atoms with Crippen molar-refractivity contribution in [1.29, 1.82) is 0 Å². The van der Waals surface area contributed by atoms with Crippen LogP contribution in [0.2, 0.25) is 0 Å². The molecule has 0 radical (unpaired) electrons. The molecule has 1 saturated carbocycles. The monoisotopic (exact) mass is 312 g/mol. The van der Waals surface area contributed by atoms with Crippen LogP contribution in [0.4, 0.5) is 0 Å². The van der Waals surface area contributed by atoms with Gasteiger partial charge in [0.25, 0.3) is 5.91 Å². The van der Waals surface area contributed by atoms with E-state index in [4.69, 9.17) is 0 Å². The van der Waals surface area contributed by atoms with Gasteiger partial charge in [-0.05, 0) is 18.9 Å². The van der Waals surface area contributed by atoms with E-state index in [1.165, 1.54) is 18.7 Å². The Kier molecular flexibility index (Phi) is 4.22. The summed E-state index contributed by atoms with van der Waals surface area (Å²) in [6.07, 6.45) is 7.02. The Hall–Kier alpha value is -1.10. The normalized spacial score (nSPS) is 18.3. The van der Waals surface area contributed by atoms with E-state index in [0.29, 0.717) is 5.56 Å². The molecular formula is C13H17BrN2O2. The molecule has 0 unspecified atom stereocenters. The van der Waals surface area contributed by atoms with Crippen LogP contribution in [0.25, 0.3) is 0 Å². The summed E-state index contributed by atoms with van der Waals surface area (Å²) in [6.45, 7) is 0. The number of aromatic nitrogens is 1. The average molecular weight is 313 g/mol. The first-order chi connectivity index (χ1) is 8.65. The number of alkyl halides is 1. The molecule has 1 aliphatic rings. The Labute approximate surface area is 114 Å². The SMILES string of the molecule is O=C(NC1(CBr)CCCCC1)c1ccc(=O)[nH]c1. The topological polar surface area (TPSA) is 62.0 Å². The highest BCUT2D eigenvalue weighted by atomic mass is 79.9. The highest BCUT2D eigenvalue weighted by Crippen LogP contribution is 2.30. The molecule has 0 aromatic carbocycles. The Bertz CT molecular complexity index is 458. The van der Waals surface area contributed by atoms with Crippen LogP contribution < -0.4 is 10.9 Å². The van der Waals surface area contributed by atoms with Crippen molar-refractivity contribution < 1.29 is 4.79 Å². The van der Waals surface area contributed by atoms with Crippen LogP contribution in [0.5, 0.6) is 0 Å². The van der Waals surface area contributed by atoms with Gasteiger partial charge < -0.3 is 10.3 Å². The van der Waals surface area contributed by atoms with Crippen LogP contribution in [-0.2, 0) is 0 Å². The number of aromatic amines is 1. The fourth-order valence-corrected chi connectivity index (χ4v) is 3.09. The van der Waals surface area contributed by atoms with Crippen molar-refractivity contribution in [2.75, 3.05) is 5.33 Å². The van der Waals surface area contributed by atoms with Crippen LogP contribution >= 0.6 is 15.9 Å². The summed E-state index contributed by atoms with van der Waals surface area (Å²) >= 11 is 3.51. The lowest BCUT2D eigenvalue weighted by Crippen LogP contribution is -2.51. The van der Waals surface area contributed by atoms with E-state index >= 15 is 0 Å². The van der Waals surface area contributed by atoms with Crippen molar-refractivity contribution in [3.05, 3.63) is 34.2 Å². The van der Waals surface area contributed by atoms with Crippen molar-refractivity contribution in [3.8, 4) is 0 Å². The number of hydrogen-bond donors (Lipinski definition) is 2. The van der Waals surface area contributed by atoms with E-state index in [-0.39, 0.29) is 17.0 Å². The van der Waals surface area contributed by atoms with Gasteiger partial charge in [0, 0.05) is 17.6 Å². The fourth-order valence-electron chi connectivity index (χ4n) is 2.39. The molecule has 4 nitrogen and oxygen atoms in total. The number of carbonyl (C=O) groups is 1. The first-order valence-corrected chi connectivity index (χ1v) is 7.35. The van der Waals surface area contributed by atoms with E-state index in [2.05, 4.69) is 26.2 Å². The third-order valence-electron chi connectivity index (χ3n) is 3.49. The number of carbonyl (C=O) groups excluding carboxylic acids is 1. The Morgan fingerprint density at radius 1 is 1.33 bits per heavy atom. The summed E-state index contributed by atoms with van der Waals surface area (Å²) in [5, 5.41) is 3.88. The van der Waals surface area contributed by atoms with Gasteiger partial charge in [0.05, 0.1) is 11.1 Å². The minimum absolute atomic E-state index is 0.118. The van der Waals surface area contributed by atoms with E-state index < -0.39 is 0 Å². The summed E-state index contributed by atoms with van der Waals surface area (Å²) in [6, 6.07) is 2.93. The minimum atomic E-state index is -0.195. The quantitative estimate of drug-likeness (QED) is 0.841. The maximum absolute atomic E-state index is 12.1. The molecule has 0 aliphatic heterocycles. The van der Waals surface area contributed by atoms with Crippen LogP contribution in [0.15, 0.2) is 23.1 Å². The van der Waals surface area contributed by atoms with Gasteiger partial charge in [-0.3, -0.25) is 9.59 Å². The average Bonchev–Trinajstić information content (AvgIpc) is 2.40. The summed E-state index contributed by atoms with van der Waals surface area (Å²) < 4.78 is 0. The van der Waals surface area contributed by atoms with Gasteiger partial charge in [-0.15, -0.1) is 0 Å². The number of H-pyrrole nitrogens is 1. The highest BCUT2D eigenvalue weighted by molar-refractivity contribution is 9.09. The zero-order valence-electron chi connectivity index (χ0n) is 10.2. The summed E-state index contributed by atoms with van der Waals surface area (Å²) in [4.78, 5) is 25.6. The fraction of sp³-hybridized carbons (Fsp3) is 0.538. The first kappa shape index (κ1) is 13.3. The van der Waals surface area contributed by atoms with Gasteiger partial charge in [-0.1, -0.05) is 35.2 Å². The first-order valence-electron chi connectivity index (χ1n) is 6.22. The van der Waals surface area contributed by atoms with Gasteiger partial charge >= 0.3 is 0 Å². The lowest BCUT2D eigenvalue weighted by Gasteiger charge is -2.36. The van der Waals surface area contributed by atoms with Crippen LogP contribution in [-0.4, -0.2) is 21.8 Å². The van der Waals surface area contributed by atoms with E-state index in [0.717, 1.165) is 31.0 Å². The van der Waals surface area contributed by atoms with Gasteiger partial charge in [-0.25, -0.2) is 0 Å². The molecule has 1 fully saturated rings. The lowest BCUT2D eigenvalue weighted by molar-refractivity contribution is 0.0886. The van der Waals surface area contributed by atoms with Crippen molar-refractivity contribution in [2.45, 2.75) is 37.6 Å². The summed E-state index contributed by atoms with van der Waals surface area (Å²) in [7, 11) is 0. The lowest BCUT2D eigenvalue weighted by atomic mass is 9.83. The molecule has 1 aromatic heterocycles. The van der Waals surface area contributed by atoms with Crippen molar-refractivity contribution >= 4 is 21.8 Å². The molecule has 1 aromatic rings. The van der Waals surface area contributed by atoms with Crippen molar-refractivity contribution in [2.24, 2.45) is 0 Å². The molecule has 18 heavy (non-hydrogen) atoms. The summed E-state index contributed by atoms with van der Waals surface area (Å²) in [5.74, 6) is -0.118. The second-order valence-electron chi connectivity index (χ2n) is 4.87. The smallest absolute Gasteiger partial charge is 0.253 e. The van der Waals surface area contributed by atoms with Gasteiger partial charge in [0.1, 0.15) is 0 Å². The molecule has 0 saturated heterocycles. The van der Waals surface area contributed by atoms with E-state index in [1.54, 1.807) is 6.07 Å².